The van der Waals surface area contributed by atoms with Crippen LogP contribution in [0.2, 0.25) is 5.02 Å². The first kappa shape index (κ1) is 20.9. The highest BCUT2D eigenvalue weighted by Gasteiger charge is 2.21. The molecule has 4 rings (SSSR count). The minimum Gasteiger partial charge on any atom is -0.302 e. The second kappa shape index (κ2) is 9.61. The van der Waals surface area contributed by atoms with E-state index >= 15 is 0 Å². The number of aryl methyl sites for hydroxylation is 1. The van der Waals surface area contributed by atoms with Gasteiger partial charge in [0.25, 0.3) is 0 Å². The molecule has 0 spiro atoms. The summed E-state index contributed by atoms with van der Waals surface area (Å²) < 4.78 is 2.11. The molecule has 2 aromatic rings. The van der Waals surface area contributed by atoms with Gasteiger partial charge in [0.05, 0.1) is 12.2 Å². The molecule has 2 aliphatic rings. The maximum absolute atomic E-state index is 6.35. The molecule has 0 amide bonds. The Morgan fingerprint density at radius 1 is 0.828 bits per heavy atom. The Hall–Kier alpha value is -1.40. The standard InChI is InChI=1S/C23H34ClN5/c1-19-22(20(2)29(25-19)17-21-7-3-4-8-23(21)24)18-28-15-13-27(14-16-28)12-11-26-9-5-6-10-26/h3-4,7-8H,5-6,9-18H2,1-2H3. The van der Waals surface area contributed by atoms with Gasteiger partial charge in [0.2, 0.25) is 0 Å². The molecule has 29 heavy (non-hydrogen) atoms. The lowest BCUT2D eigenvalue weighted by atomic mass is 10.1. The Morgan fingerprint density at radius 2 is 1.45 bits per heavy atom. The average molecular weight is 416 g/mol. The lowest BCUT2D eigenvalue weighted by Crippen LogP contribution is -2.47. The van der Waals surface area contributed by atoms with Crippen molar-refractivity contribution in [1.82, 2.24) is 24.5 Å². The second-order valence-electron chi connectivity index (χ2n) is 8.56. The molecular weight excluding hydrogens is 382 g/mol. The van der Waals surface area contributed by atoms with E-state index in [4.69, 9.17) is 16.7 Å². The molecule has 6 heteroatoms. The van der Waals surface area contributed by atoms with Crippen LogP contribution in [0.5, 0.6) is 0 Å². The van der Waals surface area contributed by atoms with Gasteiger partial charge in [0, 0.05) is 62.1 Å². The lowest BCUT2D eigenvalue weighted by molar-refractivity contribution is 0.117. The summed E-state index contributed by atoms with van der Waals surface area (Å²) in [5, 5.41) is 5.63. The first-order chi connectivity index (χ1) is 14.1. The van der Waals surface area contributed by atoms with Crippen molar-refractivity contribution in [2.75, 3.05) is 52.4 Å². The molecule has 0 saturated carbocycles. The third-order valence-electron chi connectivity index (χ3n) is 6.59. The Morgan fingerprint density at radius 3 is 2.14 bits per heavy atom. The Balaban J connectivity index is 1.31. The molecule has 1 aromatic carbocycles. The van der Waals surface area contributed by atoms with E-state index in [0.29, 0.717) is 0 Å². The van der Waals surface area contributed by atoms with Gasteiger partial charge in [0.1, 0.15) is 0 Å². The quantitative estimate of drug-likeness (QED) is 0.692. The molecule has 0 unspecified atom stereocenters. The van der Waals surface area contributed by atoms with Crippen LogP contribution in [-0.4, -0.2) is 76.8 Å². The van der Waals surface area contributed by atoms with Gasteiger partial charge in [-0.15, -0.1) is 0 Å². The molecule has 0 N–H and O–H groups in total. The van der Waals surface area contributed by atoms with E-state index in [1.807, 2.05) is 18.2 Å². The van der Waals surface area contributed by atoms with E-state index in [-0.39, 0.29) is 0 Å². The Kier molecular flexibility index (Phi) is 6.91. The Labute approximate surface area is 180 Å². The maximum atomic E-state index is 6.35. The van der Waals surface area contributed by atoms with Crippen molar-refractivity contribution >= 4 is 11.6 Å². The van der Waals surface area contributed by atoms with Gasteiger partial charge in [0.15, 0.2) is 0 Å². The zero-order valence-electron chi connectivity index (χ0n) is 17.9. The molecular formula is C23H34ClN5. The number of benzene rings is 1. The molecule has 0 bridgehead atoms. The summed E-state index contributed by atoms with van der Waals surface area (Å²) in [4.78, 5) is 7.84. The summed E-state index contributed by atoms with van der Waals surface area (Å²) in [5.41, 5.74) is 4.91. The van der Waals surface area contributed by atoms with Gasteiger partial charge < -0.3 is 4.90 Å². The fourth-order valence-corrected chi connectivity index (χ4v) is 4.78. The molecule has 5 nitrogen and oxygen atoms in total. The summed E-state index contributed by atoms with van der Waals surface area (Å²) in [6, 6.07) is 8.05. The number of nitrogens with zero attached hydrogens (tertiary/aromatic N) is 5. The summed E-state index contributed by atoms with van der Waals surface area (Å²) >= 11 is 6.35. The van der Waals surface area contributed by atoms with Gasteiger partial charge >= 0.3 is 0 Å². The van der Waals surface area contributed by atoms with Crippen molar-refractivity contribution in [3.63, 3.8) is 0 Å². The SMILES string of the molecule is Cc1nn(Cc2ccccc2Cl)c(C)c1CN1CCN(CCN2CCCC2)CC1. The molecule has 0 aliphatic carbocycles. The van der Waals surface area contributed by atoms with E-state index < -0.39 is 0 Å². The van der Waals surface area contributed by atoms with Gasteiger partial charge in [-0.1, -0.05) is 29.8 Å². The first-order valence-electron chi connectivity index (χ1n) is 11.0. The average Bonchev–Trinajstić information content (AvgIpc) is 3.33. The molecule has 3 heterocycles. The third kappa shape index (κ3) is 5.21. The van der Waals surface area contributed by atoms with E-state index in [2.05, 4.69) is 39.3 Å². The minimum absolute atomic E-state index is 0.733. The summed E-state index contributed by atoms with van der Waals surface area (Å²) in [5.74, 6) is 0. The van der Waals surface area contributed by atoms with Crippen molar-refractivity contribution in [2.45, 2.75) is 39.8 Å². The molecule has 1 aromatic heterocycles. The van der Waals surface area contributed by atoms with Crippen molar-refractivity contribution in [3.8, 4) is 0 Å². The van der Waals surface area contributed by atoms with Crippen LogP contribution in [0.1, 0.15) is 35.4 Å². The van der Waals surface area contributed by atoms with Crippen molar-refractivity contribution in [3.05, 3.63) is 51.8 Å². The highest BCUT2D eigenvalue weighted by molar-refractivity contribution is 6.31. The number of halogens is 1. The first-order valence-corrected chi connectivity index (χ1v) is 11.4. The molecule has 2 aliphatic heterocycles. The number of rotatable bonds is 7. The number of aromatic nitrogens is 2. The van der Waals surface area contributed by atoms with Crippen LogP contribution in [0.25, 0.3) is 0 Å². The van der Waals surface area contributed by atoms with Crippen LogP contribution in [0.15, 0.2) is 24.3 Å². The molecule has 158 valence electrons. The largest absolute Gasteiger partial charge is 0.302 e. The zero-order chi connectivity index (χ0) is 20.2. The summed E-state index contributed by atoms with van der Waals surface area (Å²) in [6.45, 7) is 15.8. The van der Waals surface area contributed by atoms with E-state index in [9.17, 15) is 0 Å². The van der Waals surface area contributed by atoms with Gasteiger partial charge in [-0.3, -0.25) is 14.5 Å². The minimum atomic E-state index is 0.733. The van der Waals surface area contributed by atoms with Crippen LogP contribution in [0.4, 0.5) is 0 Å². The number of hydrogen-bond acceptors (Lipinski definition) is 4. The molecule has 0 radical (unpaired) electrons. The summed E-state index contributed by atoms with van der Waals surface area (Å²) in [6.07, 6.45) is 2.77. The third-order valence-corrected chi connectivity index (χ3v) is 6.96. The maximum Gasteiger partial charge on any atom is 0.0677 e. The highest BCUT2D eigenvalue weighted by atomic mass is 35.5. The van der Waals surface area contributed by atoms with E-state index in [1.165, 1.54) is 63.4 Å². The van der Waals surface area contributed by atoms with Crippen molar-refractivity contribution < 1.29 is 0 Å². The zero-order valence-corrected chi connectivity index (χ0v) is 18.7. The smallest absolute Gasteiger partial charge is 0.0677 e. The number of piperazine rings is 1. The number of likely N-dealkylation sites (tertiary alicyclic amines) is 1. The molecule has 0 atom stereocenters. The summed E-state index contributed by atoms with van der Waals surface area (Å²) in [7, 11) is 0. The number of hydrogen-bond donors (Lipinski definition) is 0. The molecule has 2 saturated heterocycles. The van der Waals surface area contributed by atoms with Crippen molar-refractivity contribution in [2.24, 2.45) is 0 Å². The predicted octanol–water partition coefficient (Wildman–Crippen LogP) is 3.42. The Bertz CT molecular complexity index is 804. The van der Waals surface area contributed by atoms with Gasteiger partial charge in [-0.2, -0.15) is 5.10 Å². The van der Waals surface area contributed by atoms with Crippen LogP contribution in [-0.2, 0) is 13.1 Å². The predicted molar refractivity (Wildman–Crippen MR) is 120 cm³/mol. The lowest BCUT2D eigenvalue weighted by Gasteiger charge is -2.35. The molecule has 2 fully saturated rings. The van der Waals surface area contributed by atoms with E-state index in [1.54, 1.807) is 0 Å². The van der Waals surface area contributed by atoms with Crippen molar-refractivity contribution in [1.29, 1.82) is 0 Å². The topological polar surface area (TPSA) is 27.5 Å². The van der Waals surface area contributed by atoms with Gasteiger partial charge in [-0.05, 0) is 51.4 Å². The highest BCUT2D eigenvalue weighted by Crippen LogP contribution is 2.21. The second-order valence-corrected chi connectivity index (χ2v) is 8.97. The van der Waals surface area contributed by atoms with Gasteiger partial charge in [-0.25, -0.2) is 0 Å². The van der Waals surface area contributed by atoms with Crippen LogP contribution in [0, 0.1) is 13.8 Å². The monoisotopic (exact) mass is 415 g/mol. The van der Waals surface area contributed by atoms with Crippen LogP contribution in [0.3, 0.4) is 0 Å². The fraction of sp³-hybridized carbons (Fsp3) is 0.609. The van der Waals surface area contributed by atoms with Crippen LogP contribution < -0.4 is 0 Å². The van der Waals surface area contributed by atoms with Crippen LogP contribution >= 0.6 is 11.6 Å². The van der Waals surface area contributed by atoms with E-state index in [0.717, 1.165) is 42.5 Å². The fourth-order valence-electron chi connectivity index (χ4n) is 4.59. The normalized spacial score (nSPS) is 19.3.